The van der Waals surface area contributed by atoms with Gasteiger partial charge in [-0.1, -0.05) is 0 Å². The fourth-order valence-electron chi connectivity index (χ4n) is 1.98. The first-order chi connectivity index (χ1) is 8.12. The van der Waals surface area contributed by atoms with E-state index >= 15 is 0 Å². The summed E-state index contributed by atoms with van der Waals surface area (Å²) in [4.78, 5) is 0. The quantitative estimate of drug-likeness (QED) is 0.883. The van der Waals surface area contributed by atoms with Crippen molar-refractivity contribution in [1.29, 1.82) is 5.26 Å². The molecule has 0 amide bonds. The van der Waals surface area contributed by atoms with Crippen molar-refractivity contribution in [2.75, 3.05) is 17.6 Å². The number of anilines is 1. The van der Waals surface area contributed by atoms with E-state index in [1.165, 1.54) is 0 Å². The van der Waals surface area contributed by atoms with Crippen molar-refractivity contribution >= 4 is 15.5 Å². The number of nitrogens with one attached hydrogen (secondary N) is 1. The van der Waals surface area contributed by atoms with E-state index in [0.29, 0.717) is 17.9 Å². The molecule has 1 aromatic rings. The lowest BCUT2D eigenvalue weighted by atomic mass is 10.2. The molecule has 2 rings (SSSR count). The van der Waals surface area contributed by atoms with Crippen molar-refractivity contribution in [3.63, 3.8) is 0 Å². The molecule has 1 N–H and O–H groups in total. The summed E-state index contributed by atoms with van der Waals surface area (Å²) in [6.07, 6.45) is 1.51. The van der Waals surface area contributed by atoms with Crippen LogP contribution < -0.4 is 5.32 Å². The van der Waals surface area contributed by atoms with Gasteiger partial charge < -0.3 is 5.32 Å². The van der Waals surface area contributed by atoms with Gasteiger partial charge in [0.05, 0.1) is 22.6 Å². The van der Waals surface area contributed by atoms with E-state index in [0.717, 1.165) is 18.5 Å². The number of nitriles is 1. The highest BCUT2D eigenvalue weighted by Gasteiger charge is 2.30. The smallest absolute Gasteiger partial charge is 0.154 e. The van der Waals surface area contributed by atoms with Crippen molar-refractivity contribution in [2.24, 2.45) is 0 Å². The van der Waals surface area contributed by atoms with Gasteiger partial charge in [-0.05, 0) is 37.1 Å². The summed E-state index contributed by atoms with van der Waals surface area (Å²) in [6.45, 7) is 0.453. The standard InChI is InChI=1S/C12H14N2O2S/c13-8-10-3-5-11(6-4-10)14-9-12-2-1-7-17(12,15)16/h3-6,12,14H,1-2,7,9H2. The van der Waals surface area contributed by atoms with E-state index in [2.05, 4.69) is 5.32 Å². The molecule has 0 saturated carbocycles. The first kappa shape index (κ1) is 11.9. The van der Waals surface area contributed by atoms with Crippen molar-refractivity contribution in [3.8, 4) is 6.07 Å². The van der Waals surface area contributed by atoms with Gasteiger partial charge in [0.25, 0.3) is 0 Å². The van der Waals surface area contributed by atoms with Gasteiger partial charge in [-0.2, -0.15) is 5.26 Å². The van der Waals surface area contributed by atoms with Crippen LogP contribution in [0.5, 0.6) is 0 Å². The first-order valence-electron chi connectivity index (χ1n) is 5.57. The third-order valence-electron chi connectivity index (χ3n) is 3.01. The number of benzene rings is 1. The molecule has 1 aromatic carbocycles. The maximum atomic E-state index is 11.6. The highest BCUT2D eigenvalue weighted by Crippen LogP contribution is 2.20. The SMILES string of the molecule is N#Cc1ccc(NCC2CCCS2(=O)=O)cc1. The molecule has 0 radical (unpaired) electrons. The van der Waals surface area contributed by atoms with Crippen molar-refractivity contribution < 1.29 is 8.42 Å². The second-order valence-corrected chi connectivity index (χ2v) is 6.60. The molecule has 1 aliphatic heterocycles. The largest absolute Gasteiger partial charge is 0.384 e. The number of hydrogen-bond donors (Lipinski definition) is 1. The van der Waals surface area contributed by atoms with Gasteiger partial charge in [-0.15, -0.1) is 0 Å². The molecule has 1 fully saturated rings. The highest BCUT2D eigenvalue weighted by molar-refractivity contribution is 7.92. The molecular weight excluding hydrogens is 236 g/mol. The van der Waals surface area contributed by atoms with E-state index in [1.54, 1.807) is 24.3 Å². The molecule has 4 nitrogen and oxygen atoms in total. The van der Waals surface area contributed by atoms with Crippen LogP contribution in [0.1, 0.15) is 18.4 Å². The Bertz CT molecular complexity index is 529. The van der Waals surface area contributed by atoms with Crippen molar-refractivity contribution in [1.82, 2.24) is 0 Å². The molecule has 0 aliphatic carbocycles. The predicted octanol–water partition coefficient (Wildman–Crippen LogP) is 1.55. The van der Waals surface area contributed by atoms with Gasteiger partial charge in [0.15, 0.2) is 9.84 Å². The average molecular weight is 250 g/mol. The average Bonchev–Trinajstić information content (AvgIpc) is 2.66. The molecule has 17 heavy (non-hydrogen) atoms. The van der Waals surface area contributed by atoms with E-state index in [4.69, 9.17) is 5.26 Å². The minimum Gasteiger partial charge on any atom is -0.384 e. The Kier molecular flexibility index (Phi) is 3.34. The van der Waals surface area contributed by atoms with Crippen LogP contribution in [0.4, 0.5) is 5.69 Å². The minimum absolute atomic E-state index is 0.266. The van der Waals surface area contributed by atoms with Gasteiger partial charge in [-0.3, -0.25) is 0 Å². The van der Waals surface area contributed by atoms with Gasteiger partial charge in [0.2, 0.25) is 0 Å². The summed E-state index contributed by atoms with van der Waals surface area (Å²) in [5, 5.41) is 11.5. The predicted molar refractivity (Wildman–Crippen MR) is 66.5 cm³/mol. The molecule has 1 atom stereocenters. The molecule has 1 saturated heterocycles. The molecule has 5 heteroatoms. The van der Waals surface area contributed by atoms with E-state index < -0.39 is 9.84 Å². The first-order valence-corrected chi connectivity index (χ1v) is 7.29. The summed E-state index contributed by atoms with van der Waals surface area (Å²) in [6, 6.07) is 9.05. The second-order valence-electron chi connectivity index (χ2n) is 4.20. The third-order valence-corrected chi connectivity index (χ3v) is 5.29. The highest BCUT2D eigenvalue weighted by atomic mass is 32.2. The lowest BCUT2D eigenvalue weighted by Gasteiger charge is -2.11. The van der Waals surface area contributed by atoms with Crippen LogP contribution in [0.2, 0.25) is 0 Å². The molecule has 0 aromatic heterocycles. The van der Waals surface area contributed by atoms with Crippen LogP contribution in [0.3, 0.4) is 0 Å². The molecule has 1 aliphatic rings. The van der Waals surface area contributed by atoms with Crippen molar-refractivity contribution in [3.05, 3.63) is 29.8 Å². The Hall–Kier alpha value is -1.54. The third kappa shape index (κ3) is 2.77. The van der Waals surface area contributed by atoms with Gasteiger partial charge in [0, 0.05) is 12.2 Å². The van der Waals surface area contributed by atoms with Crippen LogP contribution in [0, 0.1) is 11.3 Å². The summed E-state index contributed by atoms with van der Waals surface area (Å²) in [7, 11) is -2.88. The Morgan fingerprint density at radius 1 is 1.35 bits per heavy atom. The Balaban J connectivity index is 1.96. The lowest BCUT2D eigenvalue weighted by Crippen LogP contribution is -2.24. The molecule has 0 spiro atoms. The van der Waals surface area contributed by atoms with E-state index in [9.17, 15) is 8.42 Å². The number of rotatable bonds is 3. The topological polar surface area (TPSA) is 70.0 Å². The minimum atomic E-state index is -2.88. The Morgan fingerprint density at radius 2 is 2.06 bits per heavy atom. The maximum absolute atomic E-state index is 11.6. The van der Waals surface area contributed by atoms with Gasteiger partial charge in [-0.25, -0.2) is 8.42 Å². The normalized spacial score (nSPS) is 21.9. The lowest BCUT2D eigenvalue weighted by molar-refractivity contribution is 0.591. The van der Waals surface area contributed by atoms with Gasteiger partial charge in [0.1, 0.15) is 0 Å². The van der Waals surface area contributed by atoms with Crippen molar-refractivity contribution in [2.45, 2.75) is 18.1 Å². The summed E-state index contributed by atoms with van der Waals surface area (Å²) in [5.74, 6) is 0.312. The maximum Gasteiger partial charge on any atom is 0.154 e. The Labute approximate surface area is 101 Å². The molecular formula is C12H14N2O2S. The monoisotopic (exact) mass is 250 g/mol. The zero-order valence-corrected chi connectivity index (χ0v) is 10.2. The van der Waals surface area contributed by atoms with Gasteiger partial charge >= 0.3 is 0 Å². The van der Waals surface area contributed by atoms with Crippen LogP contribution in [-0.2, 0) is 9.84 Å². The van der Waals surface area contributed by atoms with Crippen LogP contribution >= 0.6 is 0 Å². The van der Waals surface area contributed by atoms with Crippen LogP contribution in [-0.4, -0.2) is 26.0 Å². The molecule has 1 unspecified atom stereocenters. The van der Waals surface area contributed by atoms with Crippen LogP contribution in [0.25, 0.3) is 0 Å². The van der Waals surface area contributed by atoms with Crippen LogP contribution in [0.15, 0.2) is 24.3 Å². The number of nitrogens with zero attached hydrogens (tertiary/aromatic N) is 1. The molecule has 1 heterocycles. The fourth-order valence-corrected chi connectivity index (χ4v) is 3.75. The van der Waals surface area contributed by atoms with E-state index in [-0.39, 0.29) is 5.25 Å². The summed E-state index contributed by atoms with van der Waals surface area (Å²) in [5.41, 5.74) is 1.45. The summed E-state index contributed by atoms with van der Waals surface area (Å²) < 4.78 is 23.2. The molecule has 0 bridgehead atoms. The van der Waals surface area contributed by atoms with E-state index in [1.807, 2.05) is 6.07 Å². The summed E-state index contributed by atoms with van der Waals surface area (Å²) >= 11 is 0. The number of sulfone groups is 1. The molecule has 90 valence electrons. The second kappa shape index (κ2) is 4.76. The Morgan fingerprint density at radius 3 is 2.59 bits per heavy atom. The fraction of sp³-hybridized carbons (Fsp3) is 0.417. The number of hydrogen-bond acceptors (Lipinski definition) is 4. The zero-order chi connectivity index (χ0) is 12.3. The zero-order valence-electron chi connectivity index (χ0n) is 9.39.